The van der Waals surface area contributed by atoms with Crippen LogP contribution in [-0.4, -0.2) is 18.5 Å². The van der Waals surface area contributed by atoms with Crippen LogP contribution in [-0.2, 0) is 19.6 Å². The van der Waals surface area contributed by atoms with Gasteiger partial charge in [0, 0.05) is 18.7 Å². The van der Waals surface area contributed by atoms with Crippen LogP contribution in [0, 0.1) is 5.82 Å². The molecule has 1 N–H and O–H groups in total. The van der Waals surface area contributed by atoms with Crippen molar-refractivity contribution >= 4 is 0 Å². The minimum absolute atomic E-state index is 0.199. The van der Waals surface area contributed by atoms with E-state index in [2.05, 4.69) is 17.1 Å². The summed E-state index contributed by atoms with van der Waals surface area (Å²) >= 11 is 0. The second-order valence-corrected chi connectivity index (χ2v) is 4.95. The summed E-state index contributed by atoms with van der Waals surface area (Å²) in [6, 6.07) is 8.62. The SMILES string of the molecule is CCNCc1ccoc1CN(C)Cc1ccc(F)cc1. The van der Waals surface area contributed by atoms with E-state index in [9.17, 15) is 4.39 Å². The summed E-state index contributed by atoms with van der Waals surface area (Å²) in [6.07, 6.45) is 1.73. The minimum atomic E-state index is -0.199. The molecule has 20 heavy (non-hydrogen) atoms. The maximum absolute atomic E-state index is 12.9. The van der Waals surface area contributed by atoms with Crippen molar-refractivity contribution in [3.8, 4) is 0 Å². The smallest absolute Gasteiger partial charge is 0.123 e. The summed E-state index contributed by atoms with van der Waals surface area (Å²) in [7, 11) is 2.03. The molecule has 2 aromatic rings. The number of hydrogen-bond acceptors (Lipinski definition) is 3. The van der Waals surface area contributed by atoms with Gasteiger partial charge >= 0.3 is 0 Å². The Bertz CT molecular complexity index is 522. The summed E-state index contributed by atoms with van der Waals surface area (Å²) in [6.45, 7) is 5.36. The number of nitrogens with zero attached hydrogens (tertiary/aromatic N) is 1. The number of benzene rings is 1. The van der Waals surface area contributed by atoms with E-state index < -0.39 is 0 Å². The summed E-state index contributed by atoms with van der Waals surface area (Å²) in [4.78, 5) is 2.15. The monoisotopic (exact) mass is 276 g/mol. The van der Waals surface area contributed by atoms with Crippen LogP contribution in [0.2, 0.25) is 0 Å². The normalized spacial score (nSPS) is 11.2. The Morgan fingerprint density at radius 3 is 2.60 bits per heavy atom. The van der Waals surface area contributed by atoms with E-state index in [0.717, 1.165) is 37.5 Å². The first-order chi connectivity index (χ1) is 9.69. The molecule has 4 heteroatoms. The van der Waals surface area contributed by atoms with Crippen LogP contribution in [0.1, 0.15) is 23.8 Å². The average Bonchev–Trinajstić information content (AvgIpc) is 2.86. The number of rotatable bonds is 7. The molecule has 0 spiro atoms. The molecule has 1 heterocycles. The maximum Gasteiger partial charge on any atom is 0.123 e. The highest BCUT2D eigenvalue weighted by atomic mass is 19.1. The fourth-order valence-electron chi connectivity index (χ4n) is 2.13. The molecule has 2 rings (SSSR count). The quantitative estimate of drug-likeness (QED) is 0.842. The Kier molecular flexibility index (Phi) is 5.32. The lowest BCUT2D eigenvalue weighted by atomic mass is 10.2. The van der Waals surface area contributed by atoms with Crippen LogP contribution in [0.15, 0.2) is 41.0 Å². The van der Waals surface area contributed by atoms with E-state index in [4.69, 9.17) is 4.42 Å². The van der Waals surface area contributed by atoms with Crippen molar-refractivity contribution in [1.82, 2.24) is 10.2 Å². The minimum Gasteiger partial charge on any atom is -0.468 e. The van der Waals surface area contributed by atoms with Crippen LogP contribution in [0.25, 0.3) is 0 Å². The van der Waals surface area contributed by atoms with Gasteiger partial charge in [0.2, 0.25) is 0 Å². The second kappa shape index (κ2) is 7.22. The molecule has 0 saturated heterocycles. The molecule has 0 bridgehead atoms. The van der Waals surface area contributed by atoms with Crippen LogP contribution in [0.5, 0.6) is 0 Å². The van der Waals surface area contributed by atoms with Gasteiger partial charge in [0.1, 0.15) is 11.6 Å². The van der Waals surface area contributed by atoms with Crippen molar-refractivity contribution in [2.75, 3.05) is 13.6 Å². The van der Waals surface area contributed by atoms with Crippen LogP contribution in [0.3, 0.4) is 0 Å². The lowest BCUT2D eigenvalue weighted by Crippen LogP contribution is -2.19. The molecule has 1 aromatic carbocycles. The zero-order valence-corrected chi connectivity index (χ0v) is 12.0. The van der Waals surface area contributed by atoms with E-state index in [-0.39, 0.29) is 5.82 Å². The van der Waals surface area contributed by atoms with Gasteiger partial charge in [-0.25, -0.2) is 4.39 Å². The van der Waals surface area contributed by atoms with Crippen molar-refractivity contribution in [2.45, 2.75) is 26.6 Å². The molecule has 0 unspecified atom stereocenters. The van der Waals surface area contributed by atoms with Gasteiger partial charge in [-0.15, -0.1) is 0 Å². The Labute approximate surface area is 119 Å². The molecule has 1 aromatic heterocycles. The summed E-state index contributed by atoms with van der Waals surface area (Å²) in [5.74, 6) is 0.783. The average molecular weight is 276 g/mol. The van der Waals surface area contributed by atoms with Crippen molar-refractivity contribution < 1.29 is 8.81 Å². The highest BCUT2D eigenvalue weighted by Gasteiger charge is 2.09. The topological polar surface area (TPSA) is 28.4 Å². The molecule has 0 saturated carbocycles. The molecule has 0 aliphatic rings. The predicted octanol–water partition coefficient (Wildman–Crippen LogP) is 3.16. The van der Waals surface area contributed by atoms with Gasteiger partial charge < -0.3 is 9.73 Å². The van der Waals surface area contributed by atoms with Crippen LogP contribution >= 0.6 is 0 Å². The van der Waals surface area contributed by atoms with Gasteiger partial charge in [-0.2, -0.15) is 0 Å². The Morgan fingerprint density at radius 2 is 1.90 bits per heavy atom. The summed E-state index contributed by atoms with van der Waals surface area (Å²) in [5.41, 5.74) is 2.28. The van der Waals surface area contributed by atoms with Gasteiger partial charge in [-0.1, -0.05) is 19.1 Å². The lowest BCUT2D eigenvalue weighted by molar-refractivity contribution is 0.285. The molecule has 0 aliphatic heterocycles. The summed E-state index contributed by atoms with van der Waals surface area (Å²) < 4.78 is 18.4. The van der Waals surface area contributed by atoms with E-state index >= 15 is 0 Å². The number of furan rings is 1. The second-order valence-electron chi connectivity index (χ2n) is 4.95. The maximum atomic E-state index is 12.9. The first kappa shape index (κ1) is 14.8. The predicted molar refractivity (Wildman–Crippen MR) is 77.7 cm³/mol. The first-order valence-corrected chi connectivity index (χ1v) is 6.88. The lowest BCUT2D eigenvalue weighted by Gasteiger charge is -2.16. The Balaban J connectivity index is 1.92. The fourth-order valence-corrected chi connectivity index (χ4v) is 2.13. The van der Waals surface area contributed by atoms with Gasteiger partial charge in [-0.3, -0.25) is 4.90 Å². The molecule has 0 amide bonds. The molecular weight excluding hydrogens is 255 g/mol. The Morgan fingerprint density at radius 1 is 1.15 bits per heavy atom. The van der Waals surface area contributed by atoms with Crippen molar-refractivity contribution in [3.05, 3.63) is 59.3 Å². The zero-order chi connectivity index (χ0) is 14.4. The third-order valence-corrected chi connectivity index (χ3v) is 3.18. The van der Waals surface area contributed by atoms with E-state index in [1.807, 2.05) is 25.2 Å². The van der Waals surface area contributed by atoms with Crippen LogP contribution in [0.4, 0.5) is 4.39 Å². The van der Waals surface area contributed by atoms with Gasteiger partial charge in [0.25, 0.3) is 0 Å². The number of halogens is 1. The van der Waals surface area contributed by atoms with Crippen molar-refractivity contribution in [2.24, 2.45) is 0 Å². The van der Waals surface area contributed by atoms with Gasteiger partial charge in [0.05, 0.1) is 12.8 Å². The van der Waals surface area contributed by atoms with Crippen LogP contribution < -0.4 is 5.32 Å². The van der Waals surface area contributed by atoms with E-state index in [1.165, 1.54) is 17.7 Å². The first-order valence-electron chi connectivity index (χ1n) is 6.88. The molecule has 0 fully saturated rings. The standard InChI is InChI=1S/C16H21FN2O/c1-3-18-10-14-8-9-20-16(14)12-19(2)11-13-4-6-15(17)7-5-13/h4-9,18H,3,10-12H2,1-2H3. The largest absolute Gasteiger partial charge is 0.468 e. The number of hydrogen-bond donors (Lipinski definition) is 1. The highest BCUT2D eigenvalue weighted by Crippen LogP contribution is 2.14. The van der Waals surface area contributed by atoms with E-state index in [1.54, 1.807) is 6.26 Å². The fraction of sp³-hybridized carbons (Fsp3) is 0.375. The van der Waals surface area contributed by atoms with Gasteiger partial charge in [-0.05, 0) is 37.4 Å². The van der Waals surface area contributed by atoms with Crippen molar-refractivity contribution in [3.63, 3.8) is 0 Å². The summed E-state index contributed by atoms with van der Waals surface area (Å²) in [5, 5.41) is 3.30. The van der Waals surface area contributed by atoms with Gasteiger partial charge in [0.15, 0.2) is 0 Å². The molecule has 108 valence electrons. The molecule has 0 radical (unpaired) electrons. The number of nitrogens with one attached hydrogen (secondary N) is 1. The molecule has 0 atom stereocenters. The molecular formula is C16H21FN2O. The molecule has 3 nitrogen and oxygen atoms in total. The highest BCUT2D eigenvalue weighted by molar-refractivity contribution is 5.18. The van der Waals surface area contributed by atoms with E-state index in [0.29, 0.717) is 0 Å². The molecule has 0 aliphatic carbocycles. The Hall–Kier alpha value is -1.65. The third kappa shape index (κ3) is 4.18. The third-order valence-electron chi connectivity index (χ3n) is 3.18. The van der Waals surface area contributed by atoms with Crippen molar-refractivity contribution in [1.29, 1.82) is 0 Å². The zero-order valence-electron chi connectivity index (χ0n) is 12.0.